The van der Waals surface area contributed by atoms with E-state index in [1.165, 1.54) is 11.9 Å². The van der Waals surface area contributed by atoms with E-state index in [0.717, 1.165) is 11.7 Å². The van der Waals surface area contributed by atoms with Gasteiger partial charge in [0.1, 0.15) is 11.2 Å². The Balaban J connectivity index is 2.20. The van der Waals surface area contributed by atoms with E-state index in [0.29, 0.717) is 0 Å². The Hall–Kier alpha value is -0.100. The van der Waals surface area contributed by atoms with Gasteiger partial charge in [-0.25, -0.2) is 5.43 Å². The fourth-order valence-corrected chi connectivity index (χ4v) is 1.41. The van der Waals surface area contributed by atoms with Crippen LogP contribution < -0.4 is 15.6 Å². The first kappa shape index (κ1) is 4.75. The summed E-state index contributed by atoms with van der Waals surface area (Å²) in [5.41, 5.74) is 2.99. The van der Waals surface area contributed by atoms with Crippen LogP contribution in [-0.4, -0.2) is 17.9 Å². The van der Waals surface area contributed by atoms with Crippen LogP contribution in [-0.2, 0) is 0 Å². The smallest absolute Gasteiger partial charge is 0.123 e. The van der Waals surface area contributed by atoms with Crippen molar-refractivity contribution >= 4 is 17.0 Å². The lowest BCUT2D eigenvalue weighted by Gasteiger charge is -1.99. The van der Waals surface area contributed by atoms with Crippen molar-refractivity contribution in [3.8, 4) is 0 Å². The van der Waals surface area contributed by atoms with Gasteiger partial charge in [0, 0.05) is 0 Å². The maximum atomic E-state index is 4.14. The minimum absolute atomic E-state index is 0.278. The number of hydrogen-bond donors (Lipinski definition) is 3. The molecule has 1 fully saturated rings. The van der Waals surface area contributed by atoms with Crippen LogP contribution >= 0.6 is 11.9 Å². The van der Waals surface area contributed by atoms with Gasteiger partial charge in [-0.1, -0.05) is 0 Å². The predicted octanol–water partition coefficient (Wildman–Crippen LogP) is -0.972. The third-order valence-electron chi connectivity index (χ3n) is 1.14. The third-order valence-corrected chi connectivity index (χ3v) is 1.93. The summed E-state index contributed by atoms with van der Waals surface area (Å²) in [6.07, 6.45) is 0.278. The van der Waals surface area contributed by atoms with E-state index in [9.17, 15) is 0 Å². The number of nitrogens with one attached hydrogen (secondary N) is 3. The molecule has 0 bridgehead atoms. The van der Waals surface area contributed by atoms with Gasteiger partial charge in [-0.3, -0.25) is 10.3 Å². The molecule has 2 heterocycles. The number of hydrazine groups is 1. The summed E-state index contributed by atoms with van der Waals surface area (Å²) in [5, 5.41) is 4.24. The van der Waals surface area contributed by atoms with E-state index in [2.05, 4.69) is 20.6 Å². The third kappa shape index (κ3) is 0.560. The van der Waals surface area contributed by atoms with Crippen molar-refractivity contribution in [1.82, 2.24) is 15.6 Å². The minimum Gasteiger partial charge on any atom is -0.276 e. The zero-order valence-electron chi connectivity index (χ0n) is 4.14. The first-order valence-corrected chi connectivity index (χ1v) is 3.23. The molecule has 0 amide bonds. The fourth-order valence-electron chi connectivity index (χ4n) is 0.738. The molecule has 5 heteroatoms. The average Bonchev–Trinajstić information content (AvgIpc) is 2.15. The highest BCUT2D eigenvalue weighted by atomic mass is 32.2. The van der Waals surface area contributed by atoms with Crippen molar-refractivity contribution in [3.63, 3.8) is 0 Å². The van der Waals surface area contributed by atoms with Crippen LogP contribution in [0.2, 0.25) is 0 Å². The summed E-state index contributed by atoms with van der Waals surface area (Å²) in [7, 11) is 0. The van der Waals surface area contributed by atoms with Crippen LogP contribution in [0.25, 0.3) is 0 Å². The van der Waals surface area contributed by atoms with Crippen LogP contribution in [0, 0.1) is 0 Å². The molecular weight excluding hydrogens is 124 g/mol. The van der Waals surface area contributed by atoms with E-state index in [-0.39, 0.29) is 6.17 Å². The second-order valence-electron chi connectivity index (χ2n) is 1.64. The molecule has 1 saturated heterocycles. The number of hydrogen-bond acceptors (Lipinski definition) is 5. The van der Waals surface area contributed by atoms with Gasteiger partial charge >= 0.3 is 0 Å². The van der Waals surface area contributed by atoms with Gasteiger partial charge < -0.3 is 0 Å². The Morgan fingerprint density at radius 1 is 1.75 bits per heavy atom. The predicted molar refractivity (Wildman–Crippen MR) is 33.1 cm³/mol. The molecule has 0 radical (unpaired) electrons. The molecular formula is C3H6N4S. The summed E-state index contributed by atoms with van der Waals surface area (Å²) in [5.74, 6) is 0. The van der Waals surface area contributed by atoms with Gasteiger partial charge in [-0.15, -0.1) is 0 Å². The molecule has 0 aliphatic carbocycles. The Kier molecular flexibility index (Phi) is 1.01. The molecule has 0 aromatic rings. The van der Waals surface area contributed by atoms with Gasteiger partial charge in [0.2, 0.25) is 0 Å². The topological polar surface area (TPSA) is 48.5 Å². The summed E-state index contributed by atoms with van der Waals surface area (Å²) in [6.45, 7) is 0.752. The van der Waals surface area contributed by atoms with Crippen molar-refractivity contribution in [2.75, 3.05) is 6.67 Å². The van der Waals surface area contributed by atoms with E-state index in [1.807, 2.05) is 0 Å². The number of fused-ring (bicyclic) bond motifs is 1. The quantitative estimate of drug-likeness (QED) is 0.369. The zero-order chi connectivity index (χ0) is 5.40. The van der Waals surface area contributed by atoms with Gasteiger partial charge in [0.05, 0.1) is 6.67 Å². The van der Waals surface area contributed by atoms with Crippen LogP contribution in [0.5, 0.6) is 0 Å². The van der Waals surface area contributed by atoms with Crippen LogP contribution in [0.15, 0.2) is 4.99 Å². The molecule has 0 saturated carbocycles. The summed E-state index contributed by atoms with van der Waals surface area (Å²) >= 11 is 1.54. The lowest BCUT2D eigenvalue weighted by Crippen LogP contribution is -2.40. The largest absolute Gasteiger partial charge is 0.276 e. The van der Waals surface area contributed by atoms with Crippen molar-refractivity contribution in [1.29, 1.82) is 0 Å². The number of aliphatic imine (C=N–C) groups is 1. The highest BCUT2D eigenvalue weighted by Crippen LogP contribution is 2.10. The molecule has 2 aliphatic heterocycles. The van der Waals surface area contributed by atoms with Gasteiger partial charge in [-0.05, 0) is 11.9 Å². The normalized spacial score (nSPS) is 35.0. The summed E-state index contributed by atoms with van der Waals surface area (Å²) < 4.78 is 0. The maximum absolute atomic E-state index is 4.14. The lowest BCUT2D eigenvalue weighted by atomic mass is 10.6. The lowest BCUT2D eigenvalue weighted by molar-refractivity contribution is 0.559. The fraction of sp³-hybridized carbons (Fsp3) is 0.667. The maximum Gasteiger partial charge on any atom is 0.123 e. The standard InChI is InChI=1S/C3H6N4S/c1-4-2-3(5-1)8-7-6-2/h2,4,6-7H,1H2. The van der Waals surface area contributed by atoms with Crippen LogP contribution in [0.4, 0.5) is 0 Å². The first-order valence-electron chi connectivity index (χ1n) is 2.42. The van der Waals surface area contributed by atoms with Crippen molar-refractivity contribution in [3.05, 3.63) is 0 Å². The van der Waals surface area contributed by atoms with Gasteiger partial charge in [0.15, 0.2) is 0 Å². The van der Waals surface area contributed by atoms with Gasteiger partial charge in [0.25, 0.3) is 0 Å². The Labute approximate surface area is 51.2 Å². The summed E-state index contributed by atoms with van der Waals surface area (Å²) in [4.78, 5) is 7.04. The average molecular weight is 130 g/mol. The van der Waals surface area contributed by atoms with Crippen molar-refractivity contribution in [2.24, 2.45) is 4.99 Å². The highest BCUT2D eigenvalue weighted by molar-refractivity contribution is 8.12. The molecule has 1 unspecified atom stereocenters. The second-order valence-corrected chi connectivity index (χ2v) is 2.47. The Morgan fingerprint density at radius 2 is 2.75 bits per heavy atom. The first-order chi connectivity index (χ1) is 3.97. The zero-order valence-corrected chi connectivity index (χ0v) is 4.96. The molecule has 1 atom stereocenters. The molecule has 8 heavy (non-hydrogen) atoms. The van der Waals surface area contributed by atoms with E-state index >= 15 is 0 Å². The molecule has 0 spiro atoms. The van der Waals surface area contributed by atoms with E-state index in [1.54, 1.807) is 0 Å². The second kappa shape index (κ2) is 1.70. The molecule has 2 aliphatic rings. The molecule has 44 valence electrons. The van der Waals surface area contributed by atoms with E-state index in [4.69, 9.17) is 0 Å². The molecule has 0 aromatic carbocycles. The molecule has 4 nitrogen and oxygen atoms in total. The SMILES string of the molecule is C1N=C2SNNC2N1. The van der Waals surface area contributed by atoms with E-state index < -0.39 is 0 Å². The van der Waals surface area contributed by atoms with Crippen molar-refractivity contribution in [2.45, 2.75) is 6.17 Å². The molecule has 0 aromatic heterocycles. The summed E-state index contributed by atoms with van der Waals surface area (Å²) in [6, 6.07) is 0. The van der Waals surface area contributed by atoms with Crippen LogP contribution in [0.3, 0.4) is 0 Å². The van der Waals surface area contributed by atoms with Crippen molar-refractivity contribution < 1.29 is 0 Å². The number of nitrogens with zero attached hydrogens (tertiary/aromatic N) is 1. The van der Waals surface area contributed by atoms with Gasteiger partial charge in [-0.2, -0.15) is 4.83 Å². The highest BCUT2D eigenvalue weighted by Gasteiger charge is 2.25. The Bertz CT molecular complexity index is 133. The minimum atomic E-state index is 0.278. The number of rotatable bonds is 0. The molecule has 3 N–H and O–H groups in total. The monoisotopic (exact) mass is 130 g/mol. The molecule has 2 rings (SSSR count). The van der Waals surface area contributed by atoms with Crippen LogP contribution in [0.1, 0.15) is 0 Å². The Morgan fingerprint density at radius 3 is 3.62 bits per heavy atom.